The molecule has 0 spiro atoms. The molecule has 0 unspecified atom stereocenters. The zero-order chi connectivity index (χ0) is 13.1. The Hall–Kier alpha value is -1.53. The van der Waals surface area contributed by atoms with E-state index >= 15 is 0 Å². The van der Waals surface area contributed by atoms with Gasteiger partial charge in [0.25, 0.3) is 5.91 Å². The van der Waals surface area contributed by atoms with Gasteiger partial charge in [0.2, 0.25) is 0 Å². The summed E-state index contributed by atoms with van der Waals surface area (Å²) in [6.45, 7) is 0. The maximum Gasteiger partial charge on any atom is 0.259 e. The molecule has 0 aliphatic heterocycles. The summed E-state index contributed by atoms with van der Waals surface area (Å²) in [4.78, 5) is 19.4. The van der Waals surface area contributed by atoms with Crippen LogP contribution in [0.25, 0.3) is 0 Å². The van der Waals surface area contributed by atoms with Gasteiger partial charge >= 0.3 is 0 Å². The fraction of sp³-hybridized carbons (Fsp3) is 0. The maximum atomic E-state index is 12.7. The van der Waals surface area contributed by atoms with Gasteiger partial charge < -0.3 is 5.32 Å². The van der Waals surface area contributed by atoms with Gasteiger partial charge in [-0.1, -0.05) is 11.6 Å². The quantitative estimate of drug-likeness (QED) is 0.860. The van der Waals surface area contributed by atoms with Gasteiger partial charge in [-0.05, 0) is 34.1 Å². The number of carbonyl (C=O) groups is 1. The van der Waals surface area contributed by atoms with Gasteiger partial charge in [-0.2, -0.15) is 0 Å². The molecule has 2 aromatic rings. The molecule has 1 N–H and O–H groups in total. The lowest BCUT2D eigenvalue weighted by atomic mass is 10.2. The minimum absolute atomic E-state index is 0.0813. The summed E-state index contributed by atoms with van der Waals surface area (Å²) in [5, 5.41) is 2.57. The highest BCUT2D eigenvalue weighted by Gasteiger charge is 2.12. The van der Waals surface area contributed by atoms with Crippen LogP contribution >= 0.6 is 27.5 Å². The summed E-state index contributed by atoms with van der Waals surface area (Å²) in [7, 11) is 0. The number of nitrogens with zero attached hydrogens (tertiary/aromatic N) is 2. The van der Waals surface area contributed by atoms with Crippen LogP contribution in [-0.2, 0) is 0 Å². The first-order valence-corrected chi connectivity index (χ1v) is 5.97. The molecular formula is C11H6BrClFN3O. The van der Waals surface area contributed by atoms with Crippen LogP contribution in [0.4, 0.5) is 10.2 Å². The Kier molecular flexibility index (Phi) is 3.88. The van der Waals surface area contributed by atoms with Crippen molar-refractivity contribution in [3.05, 3.63) is 51.6 Å². The minimum atomic E-state index is -0.477. The topological polar surface area (TPSA) is 54.9 Å². The van der Waals surface area contributed by atoms with Gasteiger partial charge in [0.05, 0.1) is 11.8 Å². The van der Waals surface area contributed by atoms with Gasteiger partial charge in [0.1, 0.15) is 16.8 Å². The monoisotopic (exact) mass is 329 g/mol. The van der Waals surface area contributed by atoms with Crippen molar-refractivity contribution >= 4 is 39.3 Å². The smallest absolute Gasteiger partial charge is 0.259 e. The number of rotatable bonds is 2. The number of halogens is 3. The molecule has 0 fully saturated rings. The third-order valence-corrected chi connectivity index (χ3v) is 2.75. The summed E-state index contributed by atoms with van der Waals surface area (Å²) in [6, 6.07) is 4.09. The number of aromatic nitrogens is 2. The van der Waals surface area contributed by atoms with Crippen molar-refractivity contribution in [1.29, 1.82) is 0 Å². The first kappa shape index (κ1) is 12.9. The van der Waals surface area contributed by atoms with Gasteiger partial charge in [-0.15, -0.1) is 0 Å². The highest BCUT2D eigenvalue weighted by Crippen LogP contribution is 2.19. The Balaban J connectivity index is 2.21. The molecule has 18 heavy (non-hydrogen) atoms. The standard InChI is InChI=1S/C11H6BrClFN3O/c12-6-3-8(10(13)16-4-6)11(18)17-9-2-1-7(14)5-15-9/h1-5H,(H,15,17,18). The number of anilines is 1. The first-order valence-electron chi connectivity index (χ1n) is 4.80. The Morgan fingerprint density at radius 1 is 1.33 bits per heavy atom. The van der Waals surface area contributed by atoms with E-state index in [2.05, 4.69) is 31.2 Å². The zero-order valence-corrected chi connectivity index (χ0v) is 11.2. The molecule has 2 heterocycles. The SMILES string of the molecule is O=C(Nc1ccc(F)cn1)c1cc(Br)cnc1Cl. The molecular weight excluding hydrogens is 324 g/mol. The Labute approximate surface area is 115 Å². The molecule has 0 atom stereocenters. The van der Waals surface area contributed by atoms with Crippen LogP contribution in [0.5, 0.6) is 0 Å². The molecule has 1 amide bonds. The number of hydrogen-bond acceptors (Lipinski definition) is 3. The van der Waals surface area contributed by atoms with Gasteiger partial charge in [0.15, 0.2) is 0 Å². The van der Waals surface area contributed by atoms with E-state index in [9.17, 15) is 9.18 Å². The average Bonchev–Trinajstić information content (AvgIpc) is 2.35. The van der Waals surface area contributed by atoms with Gasteiger partial charge in [0, 0.05) is 10.7 Å². The number of pyridine rings is 2. The first-order chi connectivity index (χ1) is 8.56. The Bertz CT molecular complexity index is 591. The second-order valence-electron chi connectivity index (χ2n) is 3.31. The van der Waals surface area contributed by atoms with Gasteiger partial charge in [-0.25, -0.2) is 14.4 Å². The van der Waals surface area contributed by atoms with E-state index < -0.39 is 11.7 Å². The predicted octanol–water partition coefficient (Wildman–Crippen LogP) is 3.28. The van der Waals surface area contributed by atoms with E-state index in [-0.39, 0.29) is 16.5 Å². The predicted molar refractivity (Wildman–Crippen MR) is 69.1 cm³/mol. The van der Waals surface area contributed by atoms with Crippen LogP contribution in [0.15, 0.2) is 35.1 Å². The van der Waals surface area contributed by atoms with Gasteiger partial charge in [-0.3, -0.25) is 4.79 Å². The van der Waals surface area contributed by atoms with Crippen LogP contribution in [0, 0.1) is 5.82 Å². The second-order valence-corrected chi connectivity index (χ2v) is 4.58. The van der Waals surface area contributed by atoms with E-state index in [4.69, 9.17) is 11.6 Å². The molecule has 92 valence electrons. The second kappa shape index (κ2) is 5.41. The number of hydrogen-bond donors (Lipinski definition) is 1. The van der Waals surface area contributed by atoms with E-state index in [0.29, 0.717) is 4.47 Å². The minimum Gasteiger partial charge on any atom is -0.306 e. The lowest BCUT2D eigenvalue weighted by molar-refractivity contribution is 0.102. The highest BCUT2D eigenvalue weighted by atomic mass is 79.9. The average molecular weight is 331 g/mol. The number of carbonyl (C=O) groups excluding carboxylic acids is 1. The van der Waals surface area contributed by atoms with Crippen molar-refractivity contribution < 1.29 is 9.18 Å². The van der Waals surface area contributed by atoms with Crippen LogP contribution in [0.2, 0.25) is 5.15 Å². The van der Waals surface area contributed by atoms with Crippen molar-refractivity contribution in [2.45, 2.75) is 0 Å². The van der Waals surface area contributed by atoms with E-state index in [1.54, 1.807) is 0 Å². The molecule has 0 saturated carbocycles. The fourth-order valence-electron chi connectivity index (χ4n) is 1.22. The Morgan fingerprint density at radius 3 is 2.78 bits per heavy atom. The van der Waals surface area contributed by atoms with Crippen LogP contribution in [0.1, 0.15) is 10.4 Å². The van der Waals surface area contributed by atoms with Crippen molar-refractivity contribution in [3.63, 3.8) is 0 Å². The van der Waals surface area contributed by atoms with Crippen molar-refractivity contribution in [3.8, 4) is 0 Å². The van der Waals surface area contributed by atoms with Crippen LogP contribution in [-0.4, -0.2) is 15.9 Å². The van der Waals surface area contributed by atoms with Crippen molar-refractivity contribution in [2.24, 2.45) is 0 Å². The van der Waals surface area contributed by atoms with E-state index in [1.807, 2.05) is 0 Å². The normalized spacial score (nSPS) is 10.2. The summed E-state index contributed by atoms with van der Waals surface area (Å²) < 4.78 is 13.3. The molecule has 7 heteroatoms. The molecule has 4 nitrogen and oxygen atoms in total. The van der Waals surface area contributed by atoms with Crippen molar-refractivity contribution in [2.75, 3.05) is 5.32 Å². The summed E-state index contributed by atoms with van der Waals surface area (Å²) in [5.41, 5.74) is 0.206. The maximum absolute atomic E-state index is 12.7. The summed E-state index contributed by atoms with van der Waals surface area (Å²) >= 11 is 9.00. The lowest BCUT2D eigenvalue weighted by Crippen LogP contribution is -2.14. The fourth-order valence-corrected chi connectivity index (χ4v) is 1.74. The third kappa shape index (κ3) is 3.02. The third-order valence-electron chi connectivity index (χ3n) is 2.02. The molecule has 0 aromatic carbocycles. The summed E-state index contributed by atoms with van der Waals surface area (Å²) in [5.74, 6) is -0.708. The molecule has 0 bridgehead atoms. The zero-order valence-electron chi connectivity index (χ0n) is 8.82. The molecule has 2 rings (SSSR count). The van der Waals surface area contributed by atoms with Crippen LogP contribution in [0.3, 0.4) is 0 Å². The largest absolute Gasteiger partial charge is 0.306 e. The summed E-state index contributed by atoms with van der Waals surface area (Å²) in [6.07, 6.45) is 2.49. The Morgan fingerprint density at radius 2 is 2.11 bits per heavy atom. The lowest BCUT2D eigenvalue weighted by Gasteiger charge is -2.05. The molecule has 0 radical (unpaired) electrons. The number of amides is 1. The molecule has 0 aliphatic rings. The number of nitrogens with one attached hydrogen (secondary N) is 1. The molecule has 2 aromatic heterocycles. The van der Waals surface area contributed by atoms with E-state index in [0.717, 1.165) is 6.20 Å². The molecule has 0 saturated heterocycles. The van der Waals surface area contributed by atoms with Crippen LogP contribution < -0.4 is 5.32 Å². The van der Waals surface area contributed by atoms with Crippen molar-refractivity contribution in [1.82, 2.24) is 9.97 Å². The molecule has 0 aliphatic carbocycles. The van der Waals surface area contributed by atoms with E-state index in [1.165, 1.54) is 24.4 Å². The highest BCUT2D eigenvalue weighted by molar-refractivity contribution is 9.10.